The summed E-state index contributed by atoms with van der Waals surface area (Å²) in [5.74, 6) is 0.721. The Kier molecular flexibility index (Phi) is 5.83. The highest BCUT2D eigenvalue weighted by Gasteiger charge is 2.20. The highest BCUT2D eigenvalue weighted by molar-refractivity contribution is 5.25. The lowest BCUT2D eigenvalue weighted by molar-refractivity contribution is 0.168. The highest BCUT2D eigenvalue weighted by atomic mass is 15.2. The van der Waals surface area contributed by atoms with Crippen LogP contribution in [-0.4, -0.2) is 24.5 Å². The number of benzene rings is 1. The van der Waals surface area contributed by atoms with E-state index in [0.29, 0.717) is 18.6 Å². The van der Waals surface area contributed by atoms with Crippen molar-refractivity contribution in [3.05, 3.63) is 35.4 Å². The number of hydrogen-bond donors (Lipinski definition) is 1. The van der Waals surface area contributed by atoms with Crippen molar-refractivity contribution in [3.63, 3.8) is 0 Å². The topological polar surface area (TPSA) is 29.3 Å². The first-order valence-corrected chi connectivity index (χ1v) is 6.94. The van der Waals surface area contributed by atoms with Crippen LogP contribution < -0.4 is 5.73 Å². The zero-order valence-corrected chi connectivity index (χ0v) is 12.5. The first kappa shape index (κ1) is 15.2. The van der Waals surface area contributed by atoms with E-state index in [1.54, 1.807) is 0 Å². The smallest absolute Gasteiger partial charge is 0.0470 e. The monoisotopic (exact) mass is 248 g/mol. The number of nitrogens with two attached hydrogens (primary N) is 1. The first-order chi connectivity index (χ1) is 8.45. The van der Waals surface area contributed by atoms with Crippen LogP contribution in [0.1, 0.15) is 44.4 Å². The Morgan fingerprint density at radius 2 is 1.89 bits per heavy atom. The van der Waals surface area contributed by atoms with Gasteiger partial charge in [-0.1, -0.05) is 43.7 Å². The summed E-state index contributed by atoms with van der Waals surface area (Å²) in [6.45, 7) is 9.64. The maximum Gasteiger partial charge on any atom is 0.0470 e. The van der Waals surface area contributed by atoms with E-state index in [1.165, 1.54) is 17.5 Å². The van der Waals surface area contributed by atoms with Crippen molar-refractivity contribution >= 4 is 0 Å². The predicted molar refractivity (Wildman–Crippen MR) is 79.7 cm³/mol. The predicted octanol–water partition coefficient (Wildman–Crippen LogP) is 3.36. The molecule has 102 valence electrons. The fourth-order valence-corrected chi connectivity index (χ4v) is 2.57. The van der Waals surface area contributed by atoms with Gasteiger partial charge < -0.3 is 5.73 Å². The standard InChI is InChI=1S/C16H28N2/c1-12(2)9-14(4)18(5)16(11-17)15-8-6-7-13(3)10-15/h6-8,10,12,14,16H,9,11,17H2,1-5H3. The molecule has 0 saturated carbocycles. The molecule has 2 N–H and O–H groups in total. The summed E-state index contributed by atoms with van der Waals surface area (Å²) in [5.41, 5.74) is 8.61. The van der Waals surface area contributed by atoms with Gasteiger partial charge in [-0.25, -0.2) is 0 Å². The van der Waals surface area contributed by atoms with E-state index in [0.717, 1.165) is 5.92 Å². The molecule has 2 heteroatoms. The molecule has 0 radical (unpaired) electrons. The van der Waals surface area contributed by atoms with Crippen LogP contribution in [0.2, 0.25) is 0 Å². The number of nitrogens with zero attached hydrogens (tertiary/aromatic N) is 1. The average molecular weight is 248 g/mol. The third kappa shape index (κ3) is 4.11. The SMILES string of the molecule is Cc1cccc(C(CN)N(C)C(C)CC(C)C)c1. The maximum atomic E-state index is 5.98. The van der Waals surface area contributed by atoms with E-state index in [4.69, 9.17) is 5.73 Å². The van der Waals surface area contributed by atoms with Gasteiger partial charge in [-0.3, -0.25) is 4.90 Å². The van der Waals surface area contributed by atoms with E-state index < -0.39 is 0 Å². The van der Waals surface area contributed by atoms with Crippen LogP contribution in [0.15, 0.2) is 24.3 Å². The largest absolute Gasteiger partial charge is 0.329 e. The van der Waals surface area contributed by atoms with Gasteiger partial charge in [-0.15, -0.1) is 0 Å². The number of hydrogen-bond acceptors (Lipinski definition) is 2. The van der Waals surface area contributed by atoms with Crippen LogP contribution in [0.3, 0.4) is 0 Å². The normalized spacial score (nSPS) is 15.1. The molecule has 0 saturated heterocycles. The van der Waals surface area contributed by atoms with Gasteiger partial charge in [0.15, 0.2) is 0 Å². The molecule has 0 aliphatic rings. The van der Waals surface area contributed by atoms with E-state index in [9.17, 15) is 0 Å². The Balaban J connectivity index is 2.82. The third-order valence-corrected chi connectivity index (χ3v) is 3.65. The van der Waals surface area contributed by atoms with Gasteiger partial charge in [0.2, 0.25) is 0 Å². The maximum absolute atomic E-state index is 5.98. The second-order valence-electron chi connectivity index (χ2n) is 5.81. The van der Waals surface area contributed by atoms with Crippen LogP contribution in [0.25, 0.3) is 0 Å². The van der Waals surface area contributed by atoms with E-state index in [2.05, 4.69) is 63.9 Å². The average Bonchev–Trinajstić information content (AvgIpc) is 2.29. The van der Waals surface area contributed by atoms with E-state index in [-0.39, 0.29) is 0 Å². The second-order valence-corrected chi connectivity index (χ2v) is 5.81. The van der Waals surface area contributed by atoms with Gasteiger partial charge in [0.1, 0.15) is 0 Å². The fraction of sp³-hybridized carbons (Fsp3) is 0.625. The third-order valence-electron chi connectivity index (χ3n) is 3.65. The van der Waals surface area contributed by atoms with Gasteiger partial charge in [0, 0.05) is 18.6 Å². The van der Waals surface area contributed by atoms with Gasteiger partial charge in [0.05, 0.1) is 0 Å². The van der Waals surface area contributed by atoms with Gasteiger partial charge in [-0.2, -0.15) is 0 Å². The lowest BCUT2D eigenvalue weighted by atomic mass is 9.99. The molecule has 0 bridgehead atoms. The van der Waals surface area contributed by atoms with Crippen molar-refractivity contribution < 1.29 is 0 Å². The Morgan fingerprint density at radius 3 is 2.39 bits per heavy atom. The summed E-state index contributed by atoms with van der Waals surface area (Å²) in [6, 6.07) is 9.56. The van der Waals surface area contributed by atoms with Crippen LogP contribution in [0.4, 0.5) is 0 Å². The van der Waals surface area contributed by atoms with Crippen molar-refractivity contribution in [3.8, 4) is 0 Å². The molecule has 0 fully saturated rings. The minimum absolute atomic E-state index is 0.318. The molecule has 18 heavy (non-hydrogen) atoms. The van der Waals surface area contributed by atoms with Crippen LogP contribution in [0, 0.1) is 12.8 Å². The Bertz CT molecular complexity index is 360. The van der Waals surface area contributed by atoms with E-state index in [1.807, 2.05) is 0 Å². The summed E-state index contributed by atoms with van der Waals surface area (Å²) in [5, 5.41) is 0. The lowest BCUT2D eigenvalue weighted by Crippen LogP contribution is -2.37. The summed E-state index contributed by atoms with van der Waals surface area (Å²) in [4.78, 5) is 2.41. The highest BCUT2D eigenvalue weighted by Crippen LogP contribution is 2.23. The van der Waals surface area contributed by atoms with Gasteiger partial charge in [-0.05, 0) is 38.8 Å². The van der Waals surface area contributed by atoms with Crippen molar-refractivity contribution in [1.82, 2.24) is 4.90 Å². The molecule has 0 aliphatic heterocycles. The summed E-state index contributed by atoms with van der Waals surface area (Å²) in [6.07, 6.45) is 1.21. The summed E-state index contributed by atoms with van der Waals surface area (Å²) >= 11 is 0. The van der Waals surface area contributed by atoms with Crippen LogP contribution >= 0.6 is 0 Å². The summed E-state index contributed by atoms with van der Waals surface area (Å²) < 4.78 is 0. The fourth-order valence-electron chi connectivity index (χ4n) is 2.57. The molecule has 0 aliphatic carbocycles. The first-order valence-electron chi connectivity index (χ1n) is 6.94. The molecule has 2 unspecified atom stereocenters. The Labute approximate surface area is 112 Å². The number of rotatable bonds is 6. The van der Waals surface area contributed by atoms with Crippen molar-refractivity contribution in [1.29, 1.82) is 0 Å². The van der Waals surface area contributed by atoms with E-state index >= 15 is 0 Å². The minimum Gasteiger partial charge on any atom is -0.329 e. The molecule has 1 aromatic rings. The van der Waals surface area contributed by atoms with Crippen molar-refractivity contribution in [2.45, 2.75) is 46.2 Å². The lowest BCUT2D eigenvalue weighted by Gasteiger charge is -2.33. The Morgan fingerprint density at radius 1 is 1.22 bits per heavy atom. The molecule has 0 aromatic heterocycles. The molecule has 1 aromatic carbocycles. The molecular formula is C16H28N2. The van der Waals surface area contributed by atoms with Crippen molar-refractivity contribution in [2.75, 3.05) is 13.6 Å². The Hall–Kier alpha value is -0.860. The second kappa shape index (κ2) is 6.91. The molecule has 0 heterocycles. The quantitative estimate of drug-likeness (QED) is 0.836. The summed E-state index contributed by atoms with van der Waals surface area (Å²) in [7, 11) is 2.19. The van der Waals surface area contributed by atoms with Gasteiger partial charge >= 0.3 is 0 Å². The number of aryl methyl sites for hydroxylation is 1. The van der Waals surface area contributed by atoms with Gasteiger partial charge in [0.25, 0.3) is 0 Å². The zero-order valence-electron chi connectivity index (χ0n) is 12.5. The number of likely N-dealkylation sites (N-methyl/N-ethyl adjacent to an activating group) is 1. The van der Waals surface area contributed by atoms with Crippen LogP contribution in [-0.2, 0) is 0 Å². The minimum atomic E-state index is 0.318. The van der Waals surface area contributed by atoms with Crippen molar-refractivity contribution in [2.24, 2.45) is 11.7 Å². The molecule has 0 amide bonds. The molecule has 2 nitrogen and oxygen atoms in total. The molecular weight excluding hydrogens is 220 g/mol. The molecule has 0 spiro atoms. The zero-order chi connectivity index (χ0) is 13.7. The molecule has 1 rings (SSSR count). The molecule has 2 atom stereocenters. The van der Waals surface area contributed by atoms with Crippen LogP contribution in [0.5, 0.6) is 0 Å².